The zero-order valence-corrected chi connectivity index (χ0v) is 12.0. The normalized spacial score (nSPS) is 19.9. The molecule has 1 aromatic rings. The van der Waals surface area contributed by atoms with Gasteiger partial charge in [-0.2, -0.15) is 0 Å². The highest BCUT2D eigenvalue weighted by atomic mass is 79.9. The fraction of sp³-hybridized carbons (Fsp3) is 0.571. The van der Waals surface area contributed by atoms with E-state index in [-0.39, 0.29) is 6.10 Å². The minimum atomic E-state index is -0.398. The second-order valence-corrected chi connectivity index (χ2v) is 5.84. The van der Waals surface area contributed by atoms with Crippen LogP contribution in [-0.4, -0.2) is 40.9 Å². The molecule has 1 saturated heterocycles. The lowest BCUT2D eigenvalue weighted by molar-refractivity contribution is 0.0711. The molecule has 2 N–H and O–H groups in total. The standard InChI is InChI=1S/C14H20BrNO2/c15-12-3-1-11(2-4-12)14(18)7-10-16-8-5-13(17)6-9-16/h1-4,13-14,17-18H,5-10H2. The second kappa shape index (κ2) is 6.66. The zero-order chi connectivity index (χ0) is 13.0. The first-order valence-corrected chi connectivity index (χ1v) is 7.28. The molecule has 2 rings (SSSR count). The molecule has 1 atom stereocenters. The summed E-state index contributed by atoms with van der Waals surface area (Å²) in [6.45, 7) is 2.77. The molecule has 0 spiro atoms. The molecular weight excluding hydrogens is 294 g/mol. The molecule has 3 nitrogen and oxygen atoms in total. The summed E-state index contributed by atoms with van der Waals surface area (Å²) >= 11 is 3.39. The fourth-order valence-corrected chi connectivity index (χ4v) is 2.56. The molecule has 1 aromatic carbocycles. The van der Waals surface area contributed by atoms with Gasteiger partial charge in [-0.1, -0.05) is 28.1 Å². The van der Waals surface area contributed by atoms with Crippen molar-refractivity contribution in [1.29, 1.82) is 0 Å². The fourth-order valence-electron chi connectivity index (χ4n) is 2.30. The number of aliphatic hydroxyl groups is 2. The third-order valence-corrected chi connectivity index (χ3v) is 4.06. The highest BCUT2D eigenvalue weighted by molar-refractivity contribution is 9.10. The van der Waals surface area contributed by atoms with Gasteiger partial charge in [-0.25, -0.2) is 0 Å². The van der Waals surface area contributed by atoms with Gasteiger partial charge in [0.05, 0.1) is 12.2 Å². The minimum Gasteiger partial charge on any atom is -0.393 e. The highest BCUT2D eigenvalue weighted by Crippen LogP contribution is 2.20. The molecular formula is C14H20BrNO2. The molecule has 0 saturated carbocycles. The summed E-state index contributed by atoms with van der Waals surface area (Å²) in [5, 5.41) is 19.5. The Hall–Kier alpha value is -0.420. The van der Waals surface area contributed by atoms with Crippen LogP contribution in [0.1, 0.15) is 30.9 Å². The molecule has 0 amide bonds. The molecule has 4 heteroatoms. The maximum Gasteiger partial charge on any atom is 0.0802 e. The molecule has 1 fully saturated rings. The smallest absolute Gasteiger partial charge is 0.0802 e. The number of likely N-dealkylation sites (tertiary alicyclic amines) is 1. The van der Waals surface area contributed by atoms with Crippen LogP contribution in [0.15, 0.2) is 28.7 Å². The SMILES string of the molecule is OC1CCN(CCC(O)c2ccc(Br)cc2)CC1. The predicted molar refractivity (Wildman–Crippen MR) is 75.4 cm³/mol. The van der Waals surface area contributed by atoms with Gasteiger partial charge in [-0.3, -0.25) is 0 Å². The van der Waals surface area contributed by atoms with Gasteiger partial charge in [-0.15, -0.1) is 0 Å². The monoisotopic (exact) mass is 313 g/mol. The summed E-state index contributed by atoms with van der Waals surface area (Å²) in [5.41, 5.74) is 0.968. The van der Waals surface area contributed by atoms with E-state index in [4.69, 9.17) is 0 Å². The Bertz CT molecular complexity index is 361. The van der Waals surface area contributed by atoms with Crippen molar-refractivity contribution in [3.8, 4) is 0 Å². The molecule has 18 heavy (non-hydrogen) atoms. The summed E-state index contributed by atoms with van der Waals surface area (Å²) in [4.78, 5) is 2.31. The first-order valence-electron chi connectivity index (χ1n) is 6.49. The van der Waals surface area contributed by atoms with Gasteiger partial charge in [0.15, 0.2) is 0 Å². The van der Waals surface area contributed by atoms with Crippen molar-refractivity contribution in [3.63, 3.8) is 0 Å². The molecule has 100 valence electrons. The van der Waals surface area contributed by atoms with E-state index < -0.39 is 6.10 Å². The van der Waals surface area contributed by atoms with Gasteiger partial charge in [0.1, 0.15) is 0 Å². The molecule has 1 unspecified atom stereocenters. The molecule has 0 radical (unpaired) electrons. The van der Waals surface area contributed by atoms with Crippen LogP contribution in [0.5, 0.6) is 0 Å². The van der Waals surface area contributed by atoms with Crippen molar-refractivity contribution < 1.29 is 10.2 Å². The number of piperidine rings is 1. The average Bonchev–Trinajstić information content (AvgIpc) is 2.38. The first-order chi connectivity index (χ1) is 8.65. The van der Waals surface area contributed by atoms with E-state index in [1.54, 1.807) is 0 Å². The Kier molecular flexibility index (Phi) is 5.18. The van der Waals surface area contributed by atoms with E-state index in [1.807, 2.05) is 24.3 Å². The van der Waals surface area contributed by atoms with Gasteiger partial charge >= 0.3 is 0 Å². The molecule has 0 aromatic heterocycles. The first kappa shape index (κ1) is 14.0. The Balaban J connectivity index is 1.77. The van der Waals surface area contributed by atoms with Gasteiger partial charge < -0.3 is 15.1 Å². The highest BCUT2D eigenvalue weighted by Gasteiger charge is 2.17. The lowest BCUT2D eigenvalue weighted by Crippen LogP contribution is -2.36. The van der Waals surface area contributed by atoms with Crippen molar-refractivity contribution >= 4 is 15.9 Å². The average molecular weight is 314 g/mol. The number of halogens is 1. The molecule has 1 aliphatic heterocycles. The van der Waals surface area contributed by atoms with Crippen molar-refractivity contribution in [2.24, 2.45) is 0 Å². The number of nitrogens with zero attached hydrogens (tertiary/aromatic N) is 1. The Morgan fingerprint density at radius 2 is 1.83 bits per heavy atom. The van der Waals surface area contributed by atoms with Crippen molar-refractivity contribution in [2.75, 3.05) is 19.6 Å². The molecule has 0 aliphatic carbocycles. The quantitative estimate of drug-likeness (QED) is 0.896. The second-order valence-electron chi connectivity index (χ2n) is 4.93. The van der Waals surface area contributed by atoms with E-state index >= 15 is 0 Å². The topological polar surface area (TPSA) is 43.7 Å². The van der Waals surface area contributed by atoms with Crippen molar-refractivity contribution in [3.05, 3.63) is 34.3 Å². The van der Waals surface area contributed by atoms with Crippen LogP contribution in [0.2, 0.25) is 0 Å². The van der Waals surface area contributed by atoms with Gasteiger partial charge in [0, 0.05) is 24.1 Å². The van der Waals surface area contributed by atoms with E-state index in [0.29, 0.717) is 0 Å². The summed E-state index contributed by atoms with van der Waals surface area (Å²) < 4.78 is 1.03. The maximum absolute atomic E-state index is 10.1. The number of hydrogen-bond donors (Lipinski definition) is 2. The lowest BCUT2D eigenvalue weighted by atomic mass is 10.0. The van der Waals surface area contributed by atoms with Gasteiger partial charge in [0.25, 0.3) is 0 Å². The molecule has 0 bridgehead atoms. The van der Waals surface area contributed by atoms with Gasteiger partial charge in [-0.05, 0) is 37.0 Å². The summed E-state index contributed by atoms with van der Waals surface area (Å²) in [5.74, 6) is 0. The van der Waals surface area contributed by atoms with Crippen LogP contribution in [0.3, 0.4) is 0 Å². The third kappa shape index (κ3) is 4.05. The van der Waals surface area contributed by atoms with E-state index in [1.165, 1.54) is 0 Å². The summed E-state index contributed by atoms with van der Waals surface area (Å²) in [7, 11) is 0. The molecule has 1 aliphatic rings. The van der Waals surface area contributed by atoms with Crippen LogP contribution in [-0.2, 0) is 0 Å². The Morgan fingerprint density at radius 1 is 1.22 bits per heavy atom. The number of hydrogen-bond acceptors (Lipinski definition) is 3. The Labute approximate surface area is 117 Å². The van der Waals surface area contributed by atoms with E-state index in [9.17, 15) is 10.2 Å². The minimum absolute atomic E-state index is 0.127. The van der Waals surface area contributed by atoms with Crippen LogP contribution in [0.25, 0.3) is 0 Å². The lowest BCUT2D eigenvalue weighted by Gasteiger charge is -2.30. The summed E-state index contributed by atoms with van der Waals surface area (Å²) in [6, 6.07) is 7.81. The summed E-state index contributed by atoms with van der Waals surface area (Å²) in [6.07, 6.45) is 1.93. The predicted octanol–water partition coefficient (Wildman–Crippen LogP) is 2.33. The van der Waals surface area contributed by atoms with Crippen LogP contribution in [0, 0.1) is 0 Å². The molecule has 1 heterocycles. The zero-order valence-electron chi connectivity index (χ0n) is 10.4. The van der Waals surface area contributed by atoms with Crippen molar-refractivity contribution in [2.45, 2.75) is 31.5 Å². The number of aliphatic hydroxyl groups excluding tert-OH is 2. The van der Waals surface area contributed by atoms with Crippen LogP contribution >= 0.6 is 15.9 Å². The Morgan fingerprint density at radius 3 is 2.44 bits per heavy atom. The third-order valence-electron chi connectivity index (χ3n) is 3.53. The number of rotatable bonds is 4. The largest absolute Gasteiger partial charge is 0.393 e. The van der Waals surface area contributed by atoms with E-state index in [0.717, 1.165) is 48.9 Å². The van der Waals surface area contributed by atoms with Gasteiger partial charge in [0.2, 0.25) is 0 Å². The van der Waals surface area contributed by atoms with Crippen molar-refractivity contribution in [1.82, 2.24) is 4.90 Å². The van der Waals surface area contributed by atoms with Crippen LogP contribution in [0.4, 0.5) is 0 Å². The van der Waals surface area contributed by atoms with Crippen LogP contribution < -0.4 is 0 Å². The number of benzene rings is 1. The van der Waals surface area contributed by atoms with E-state index in [2.05, 4.69) is 20.8 Å². The maximum atomic E-state index is 10.1.